The first-order valence-corrected chi connectivity index (χ1v) is 11.2. The van der Waals surface area contributed by atoms with Crippen LogP contribution in [0, 0.1) is 6.92 Å². The second-order valence-corrected chi connectivity index (χ2v) is 8.29. The first kappa shape index (κ1) is 20.8. The van der Waals surface area contributed by atoms with Crippen LogP contribution in [0.1, 0.15) is 28.9 Å². The number of aromatic nitrogens is 2. The van der Waals surface area contributed by atoms with Crippen LogP contribution in [0.4, 0.5) is 0 Å². The average Bonchev–Trinajstić information content (AvgIpc) is 3.51. The molecule has 0 saturated carbocycles. The number of nitrogens with zero attached hydrogens (tertiary/aromatic N) is 2. The third-order valence-electron chi connectivity index (χ3n) is 5.40. The van der Waals surface area contributed by atoms with Gasteiger partial charge in [0.1, 0.15) is 5.01 Å². The number of benzene rings is 1. The second-order valence-electron chi connectivity index (χ2n) is 7.43. The predicted octanol–water partition coefficient (Wildman–Crippen LogP) is 4.14. The minimum absolute atomic E-state index is 0.0876. The Labute approximate surface area is 180 Å². The molecule has 1 fully saturated rings. The standard InChI is InChI=1S/C23H27N3O3S/c1-16-19(22(27)24-10-12-28-2)13-21(26(16)14-18-9-6-11-29-18)20-15-30-23(25-20)17-7-4-3-5-8-17/h3-5,7-8,13,15,18H,6,9-12,14H2,1-2H3,(H,24,27). The highest BCUT2D eigenvalue weighted by Crippen LogP contribution is 2.32. The lowest BCUT2D eigenvalue weighted by Gasteiger charge is -2.15. The number of rotatable bonds is 8. The quantitative estimate of drug-likeness (QED) is 0.551. The van der Waals surface area contributed by atoms with Crippen molar-refractivity contribution in [3.63, 3.8) is 0 Å². The van der Waals surface area contributed by atoms with E-state index in [0.29, 0.717) is 18.7 Å². The summed E-state index contributed by atoms with van der Waals surface area (Å²) in [6.45, 7) is 4.50. The maximum absolute atomic E-state index is 12.8. The molecule has 30 heavy (non-hydrogen) atoms. The monoisotopic (exact) mass is 425 g/mol. The third-order valence-corrected chi connectivity index (χ3v) is 6.29. The van der Waals surface area contributed by atoms with Gasteiger partial charge in [0.25, 0.3) is 5.91 Å². The van der Waals surface area contributed by atoms with Gasteiger partial charge >= 0.3 is 0 Å². The van der Waals surface area contributed by atoms with Crippen molar-refractivity contribution in [2.45, 2.75) is 32.4 Å². The van der Waals surface area contributed by atoms with Gasteiger partial charge in [0.2, 0.25) is 0 Å². The van der Waals surface area contributed by atoms with Gasteiger partial charge in [-0.05, 0) is 25.8 Å². The number of carbonyl (C=O) groups is 1. The Balaban J connectivity index is 1.67. The SMILES string of the molecule is COCCNC(=O)c1cc(-c2csc(-c3ccccc3)n2)n(CC2CCCO2)c1C. The fourth-order valence-corrected chi connectivity index (χ4v) is 4.60. The van der Waals surface area contributed by atoms with Crippen molar-refractivity contribution in [2.75, 3.05) is 26.9 Å². The Morgan fingerprint density at radius 1 is 1.37 bits per heavy atom. The second kappa shape index (κ2) is 9.55. The predicted molar refractivity (Wildman–Crippen MR) is 119 cm³/mol. The molecule has 158 valence electrons. The molecule has 1 N–H and O–H groups in total. The van der Waals surface area contributed by atoms with Crippen molar-refractivity contribution in [2.24, 2.45) is 0 Å². The highest BCUT2D eigenvalue weighted by atomic mass is 32.1. The summed E-state index contributed by atoms with van der Waals surface area (Å²) in [5, 5.41) is 5.97. The molecule has 0 radical (unpaired) electrons. The van der Waals surface area contributed by atoms with Gasteiger partial charge in [0.15, 0.2) is 0 Å². The van der Waals surface area contributed by atoms with Crippen LogP contribution in [0.15, 0.2) is 41.8 Å². The Morgan fingerprint density at radius 3 is 2.93 bits per heavy atom. The maximum Gasteiger partial charge on any atom is 0.253 e. The molecule has 1 saturated heterocycles. The highest BCUT2D eigenvalue weighted by molar-refractivity contribution is 7.13. The zero-order valence-corrected chi connectivity index (χ0v) is 18.2. The zero-order valence-electron chi connectivity index (χ0n) is 17.4. The van der Waals surface area contributed by atoms with Gasteiger partial charge in [0, 0.05) is 43.4 Å². The van der Waals surface area contributed by atoms with Crippen LogP contribution in [0.25, 0.3) is 22.0 Å². The minimum Gasteiger partial charge on any atom is -0.383 e. The van der Waals surface area contributed by atoms with E-state index in [9.17, 15) is 4.79 Å². The zero-order chi connectivity index (χ0) is 20.9. The number of amides is 1. The van der Waals surface area contributed by atoms with E-state index in [-0.39, 0.29) is 12.0 Å². The summed E-state index contributed by atoms with van der Waals surface area (Å²) in [5.41, 5.74) is 4.55. The van der Waals surface area contributed by atoms with E-state index in [4.69, 9.17) is 14.5 Å². The number of methoxy groups -OCH3 is 1. The molecule has 4 rings (SSSR count). The van der Waals surface area contributed by atoms with Crippen LogP contribution in [0.3, 0.4) is 0 Å². The Hall–Kier alpha value is -2.48. The van der Waals surface area contributed by atoms with Crippen molar-refractivity contribution in [1.29, 1.82) is 0 Å². The minimum atomic E-state index is -0.0876. The average molecular weight is 426 g/mol. The first-order valence-electron chi connectivity index (χ1n) is 10.3. The maximum atomic E-state index is 12.8. The van der Waals surface area contributed by atoms with Crippen molar-refractivity contribution in [1.82, 2.24) is 14.9 Å². The van der Waals surface area contributed by atoms with E-state index in [2.05, 4.69) is 27.4 Å². The number of nitrogens with one attached hydrogen (secondary N) is 1. The summed E-state index contributed by atoms with van der Waals surface area (Å²) in [4.78, 5) is 17.7. The Bertz CT molecular complexity index is 991. The molecule has 7 heteroatoms. The number of carbonyl (C=O) groups excluding carboxylic acids is 1. The molecular formula is C23H27N3O3S. The molecule has 1 aliphatic rings. The molecular weight excluding hydrogens is 398 g/mol. The van der Waals surface area contributed by atoms with Crippen LogP contribution in [-0.4, -0.2) is 48.4 Å². The van der Waals surface area contributed by atoms with Crippen LogP contribution in [0.2, 0.25) is 0 Å². The largest absolute Gasteiger partial charge is 0.383 e. The number of hydrogen-bond acceptors (Lipinski definition) is 5. The van der Waals surface area contributed by atoms with Crippen molar-refractivity contribution in [3.05, 3.63) is 53.0 Å². The van der Waals surface area contributed by atoms with E-state index >= 15 is 0 Å². The molecule has 3 heterocycles. The van der Waals surface area contributed by atoms with Gasteiger partial charge in [0.05, 0.1) is 29.7 Å². The van der Waals surface area contributed by atoms with Crippen molar-refractivity contribution >= 4 is 17.2 Å². The molecule has 0 spiro atoms. The Kier molecular flexibility index (Phi) is 6.62. The molecule has 0 bridgehead atoms. The molecule has 1 amide bonds. The molecule has 3 aromatic rings. The first-order chi connectivity index (χ1) is 14.7. The van der Waals surface area contributed by atoms with Gasteiger partial charge < -0.3 is 19.4 Å². The van der Waals surface area contributed by atoms with Crippen molar-refractivity contribution < 1.29 is 14.3 Å². The third kappa shape index (κ3) is 4.48. The van der Waals surface area contributed by atoms with Gasteiger partial charge in [-0.2, -0.15) is 0 Å². The van der Waals surface area contributed by atoms with E-state index in [1.165, 1.54) is 0 Å². The van der Waals surface area contributed by atoms with Crippen LogP contribution in [-0.2, 0) is 16.0 Å². The van der Waals surface area contributed by atoms with Gasteiger partial charge in [-0.15, -0.1) is 11.3 Å². The summed E-state index contributed by atoms with van der Waals surface area (Å²) in [5.74, 6) is -0.0876. The van der Waals surface area contributed by atoms with Gasteiger partial charge in [-0.3, -0.25) is 4.79 Å². The molecule has 0 aliphatic carbocycles. The Morgan fingerprint density at radius 2 is 2.20 bits per heavy atom. The number of ether oxygens (including phenoxy) is 2. The van der Waals surface area contributed by atoms with Gasteiger partial charge in [-0.1, -0.05) is 30.3 Å². The van der Waals surface area contributed by atoms with E-state index < -0.39 is 0 Å². The van der Waals surface area contributed by atoms with E-state index in [1.807, 2.05) is 31.2 Å². The number of thiazole rings is 1. The molecule has 6 nitrogen and oxygen atoms in total. The lowest BCUT2D eigenvalue weighted by atomic mass is 10.2. The highest BCUT2D eigenvalue weighted by Gasteiger charge is 2.24. The summed E-state index contributed by atoms with van der Waals surface area (Å²) < 4.78 is 13.1. The van der Waals surface area contributed by atoms with E-state index in [1.54, 1.807) is 18.4 Å². The smallest absolute Gasteiger partial charge is 0.253 e. The fraction of sp³-hybridized carbons (Fsp3) is 0.391. The normalized spacial score (nSPS) is 16.1. The molecule has 2 aromatic heterocycles. The lowest BCUT2D eigenvalue weighted by Crippen LogP contribution is -2.27. The van der Waals surface area contributed by atoms with Gasteiger partial charge in [-0.25, -0.2) is 4.98 Å². The van der Waals surface area contributed by atoms with E-state index in [0.717, 1.165) is 53.6 Å². The summed E-state index contributed by atoms with van der Waals surface area (Å²) in [6.07, 6.45) is 2.30. The van der Waals surface area contributed by atoms with Crippen LogP contribution in [0.5, 0.6) is 0 Å². The van der Waals surface area contributed by atoms with Crippen molar-refractivity contribution in [3.8, 4) is 22.0 Å². The summed E-state index contributed by atoms with van der Waals surface area (Å²) >= 11 is 1.62. The fourth-order valence-electron chi connectivity index (χ4n) is 3.78. The lowest BCUT2D eigenvalue weighted by molar-refractivity contribution is 0.0928. The summed E-state index contributed by atoms with van der Waals surface area (Å²) in [6, 6.07) is 12.1. The molecule has 1 unspecified atom stereocenters. The number of hydrogen-bond donors (Lipinski definition) is 1. The molecule has 1 atom stereocenters. The molecule has 1 aromatic carbocycles. The summed E-state index contributed by atoms with van der Waals surface area (Å²) in [7, 11) is 1.63. The van der Waals surface area contributed by atoms with Crippen LogP contribution >= 0.6 is 11.3 Å². The molecule has 1 aliphatic heterocycles. The topological polar surface area (TPSA) is 65.4 Å². The van der Waals surface area contributed by atoms with Crippen LogP contribution < -0.4 is 5.32 Å².